The van der Waals surface area contributed by atoms with Crippen molar-refractivity contribution in [2.45, 2.75) is 56.4 Å². The van der Waals surface area contributed by atoms with E-state index in [2.05, 4.69) is 12.1 Å². The summed E-state index contributed by atoms with van der Waals surface area (Å²) in [5, 5.41) is 0. The van der Waals surface area contributed by atoms with Crippen molar-refractivity contribution in [2.75, 3.05) is 7.11 Å². The van der Waals surface area contributed by atoms with Gasteiger partial charge in [0.25, 0.3) is 10.1 Å². The van der Waals surface area contributed by atoms with Gasteiger partial charge in [-0.1, -0.05) is 29.8 Å². The maximum absolute atomic E-state index is 12.2. The average Bonchev–Trinajstić information content (AvgIpc) is 3.25. The first-order valence-corrected chi connectivity index (χ1v) is 10.6. The number of hydrogen-bond donors (Lipinski definition) is 0. The minimum absolute atomic E-state index is 0.107. The van der Waals surface area contributed by atoms with Gasteiger partial charge in [0.05, 0.1) is 12.0 Å². The van der Waals surface area contributed by atoms with Crippen molar-refractivity contribution >= 4 is 10.1 Å². The molecule has 5 heteroatoms. The van der Waals surface area contributed by atoms with E-state index in [4.69, 9.17) is 8.92 Å². The smallest absolute Gasteiger partial charge is 0.296 e. The number of hydrogen-bond acceptors (Lipinski definition) is 4. The van der Waals surface area contributed by atoms with Gasteiger partial charge in [0.15, 0.2) is 0 Å². The van der Waals surface area contributed by atoms with Crippen LogP contribution in [0.4, 0.5) is 0 Å². The molecule has 4 nitrogen and oxygen atoms in total. The van der Waals surface area contributed by atoms with Gasteiger partial charge in [-0.15, -0.1) is 0 Å². The van der Waals surface area contributed by atoms with E-state index < -0.39 is 10.1 Å². The van der Waals surface area contributed by atoms with Gasteiger partial charge >= 0.3 is 0 Å². The molecule has 0 fully saturated rings. The fourth-order valence-corrected chi connectivity index (χ4v) is 5.05. The highest BCUT2D eigenvalue weighted by atomic mass is 32.2. The summed E-state index contributed by atoms with van der Waals surface area (Å²) >= 11 is 0. The minimum atomic E-state index is -3.69. The lowest BCUT2D eigenvalue weighted by Crippen LogP contribution is -2.15. The lowest BCUT2D eigenvalue weighted by atomic mass is 10.00. The molecule has 0 bridgehead atoms. The Balaban J connectivity index is 1.52. The first kappa shape index (κ1) is 17.6. The van der Waals surface area contributed by atoms with E-state index >= 15 is 0 Å². The second-order valence-corrected chi connectivity index (χ2v) is 8.94. The van der Waals surface area contributed by atoms with E-state index in [-0.39, 0.29) is 11.0 Å². The van der Waals surface area contributed by atoms with Gasteiger partial charge in [-0.25, -0.2) is 0 Å². The van der Waals surface area contributed by atoms with Crippen LogP contribution in [-0.2, 0) is 40.0 Å². The van der Waals surface area contributed by atoms with Crippen LogP contribution in [0, 0.1) is 6.92 Å². The number of rotatable bonds is 5. The summed E-state index contributed by atoms with van der Waals surface area (Å²) in [5.74, 6) is 1.10. The molecule has 2 aliphatic rings. The molecular formula is C21H24O4S. The Morgan fingerprint density at radius 2 is 1.96 bits per heavy atom. The maximum atomic E-state index is 12.2. The fourth-order valence-electron chi connectivity index (χ4n) is 4.16. The first-order valence-electron chi connectivity index (χ1n) is 9.18. The van der Waals surface area contributed by atoms with Gasteiger partial charge in [0.2, 0.25) is 0 Å². The van der Waals surface area contributed by atoms with Crippen LogP contribution in [0.5, 0.6) is 5.75 Å². The van der Waals surface area contributed by atoms with E-state index in [0.29, 0.717) is 6.42 Å². The van der Waals surface area contributed by atoms with Gasteiger partial charge in [-0.05, 0) is 67.3 Å². The summed E-state index contributed by atoms with van der Waals surface area (Å²) in [6, 6.07) is 9.83. The van der Waals surface area contributed by atoms with Gasteiger partial charge in [0, 0.05) is 6.42 Å². The van der Waals surface area contributed by atoms with E-state index in [1.54, 1.807) is 12.1 Å². The van der Waals surface area contributed by atoms with Crippen LogP contribution in [0.1, 0.15) is 40.7 Å². The predicted octanol–water partition coefficient (Wildman–Crippen LogP) is 3.76. The molecule has 0 unspecified atom stereocenters. The first-order chi connectivity index (χ1) is 12.5. The highest BCUT2D eigenvalue weighted by Gasteiger charge is 2.29. The van der Waals surface area contributed by atoms with Crippen LogP contribution < -0.4 is 4.74 Å². The molecule has 4 rings (SSSR count). The van der Waals surface area contributed by atoms with Crippen molar-refractivity contribution in [2.24, 2.45) is 0 Å². The minimum Gasteiger partial charge on any atom is -0.489 e. The lowest BCUT2D eigenvalue weighted by molar-refractivity contribution is 0.220. The number of benzene rings is 2. The van der Waals surface area contributed by atoms with Gasteiger partial charge < -0.3 is 4.74 Å². The summed E-state index contributed by atoms with van der Waals surface area (Å²) in [4.78, 5) is 0.266. The highest BCUT2D eigenvalue weighted by Crippen LogP contribution is 2.39. The summed E-state index contributed by atoms with van der Waals surface area (Å²) in [6.45, 7) is 1.97. The zero-order valence-electron chi connectivity index (χ0n) is 15.2. The van der Waals surface area contributed by atoms with Crippen molar-refractivity contribution in [3.63, 3.8) is 0 Å². The zero-order chi connectivity index (χ0) is 18.3. The summed E-state index contributed by atoms with van der Waals surface area (Å²) < 4.78 is 35.4. The molecule has 0 N–H and O–H groups in total. The Labute approximate surface area is 155 Å². The molecule has 1 atom stereocenters. The van der Waals surface area contributed by atoms with E-state index in [0.717, 1.165) is 42.6 Å². The Kier molecular flexibility index (Phi) is 4.53. The maximum Gasteiger partial charge on any atom is 0.296 e. The number of aryl methyl sites for hydroxylation is 3. The molecule has 0 radical (unpaired) electrons. The molecule has 2 aromatic rings. The molecule has 0 saturated heterocycles. The Morgan fingerprint density at radius 3 is 2.77 bits per heavy atom. The van der Waals surface area contributed by atoms with Crippen LogP contribution in [0.2, 0.25) is 0 Å². The van der Waals surface area contributed by atoms with Crippen molar-refractivity contribution in [1.82, 2.24) is 0 Å². The third kappa shape index (κ3) is 3.14. The van der Waals surface area contributed by atoms with Crippen LogP contribution in [0.3, 0.4) is 0 Å². The molecule has 2 aromatic carbocycles. The number of ether oxygens (including phenoxy) is 1. The molecule has 138 valence electrons. The van der Waals surface area contributed by atoms with Gasteiger partial charge in [0.1, 0.15) is 11.9 Å². The highest BCUT2D eigenvalue weighted by molar-refractivity contribution is 7.86. The van der Waals surface area contributed by atoms with E-state index in [9.17, 15) is 8.42 Å². The van der Waals surface area contributed by atoms with Gasteiger partial charge in [-0.3, -0.25) is 4.18 Å². The van der Waals surface area contributed by atoms with Crippen molar-refractivity contribution < 1.29 is 17.3 Å². The second kappa shape index (κ2) is 6.71. The molecule has 1 heterocycles. The van der Waals surface area contributed by atoms with E-state index in [1.807, 2.05) is 13.0 Å². The van der Waals surface area contributed by atoms with Crippen molar-refractivity contribution in [1.29, 1.82) is 0 Å². The third-order valence-corrected chi connectivity index (χ3v) is 6.86. The molecule has 1 aliphatic carbocycles. The quantitative estimate of drug-likeness (QED) is 0.750. The molecule has 26 heavy (non-hydrogen) atoms. The fraction of sp³-hybridized carbons (Fsp3) is 0.429. The Bertz CT molecular complexity index is 947. The largest absolute Gasteiger partial charge is 0.489 e. The van der Waals surface area contributed by atoms with Gasteiger partial charge in [-0.2, -0.15) is 8.42 Å². The zero-order valence-corrected chi connectivity index (χ0v) is 16.1. The molecule has 0 saturated carbocycles. The van der Waals surface area contributed by atoms with Crippen LogP contribution >= 0.6 is 0 Å². The third-order valence-electron chi connectivity index (χ3n) is 5.48. The lowest BCUT2D eigenvalue weighted by Gasteiger charge is -2.14. The summed E-state index contributed by atoms with van der Waals surface area (Å²) in [5.41, 5.74) is 5.96. The Hall–Kier alpha value is -1.85. The van der Waals surface area contributed by atoms with Crippen LogP contribution in [0.15, 0.2) is 35.2 Å². The predicted molar refractivity (Wildman–Crippen MR) is 100 cm³/mol. The number of fused-ring (bicyclic) bond motifs is 3. The molecule has 1 aliphatic heterocycles. The standard InChI is InChI=1S/C21H24O4S/c1-14-6-11-20(26(22,23)24-2)16(12-14)9-10-18-13-17-8-7-15-4-3-5-19(15)21(17)25-18/h6-8,11-12,18H,3-5,9-10,13H2,1-2H3/t18-/m1/s1. The average molecular weight is 372 g/mol. The molecular weight excluding hydrogens is 348 g/mol. The van der Waals surface area contributed by atoms with Crippen molar-refractivity contribution in [3.8, 4) is 5.75 Å². The SMILES string of the molecule is COS(=O)(=O)c1ccc(C)cc1CC[C@@H]1Cc2ccc3c(c2O1)CCC3. The van der Waals surface area contributed by atoms with Crippen LogP contribution in [-0.4, -0.2) is 21.6 Å². The topological polar surface area (TPSA) is 52.6 Å². The Morgan fingerprint density at radius 1 is 1.15 bits per heavy atom. The van der Waals surface area contributed by atoms with E-state index in [1.165, 1.54) is 30.2 Å². The molecule has 0 aromatic heterocycles. The van der Waals surface area contributed by atoms with Crippen LogP contribution in [0.25, 0.3) is 0 Å². The second-order valence-electron chi connectivity index (χ2n) is 7.26. The normalized spacial score (nSPS) is 18.5. The summed E-state index contributed by atoms with van der Waals surface area (Å²) in [6.07, 6.45) is 5.93. The monoisotopic (exact) mass is 372 g/mol. The molecule has 0 amide bonds. The molecule has 0 spiro atoms. The summed E-state index contributed by atoms with van der Waals surface area (Å²) in [7, 11) is -2.49. The van der Waals surface area contributed by atoms with Crippen molar-refractivity contribution in [3.05, 3.63) is 58.1 Å².